The largest absolute Gasteiger partial charge is 0.339 e. The summed E-state index contributed by atoms with van der Waals surface area (Å²) in [5.41, 5.74) is 0. The minimum absolute atomic E-state index is 0.510. The summed E-state index contributed by atoms with van der Waals surface area (Å²) in [7, 11) is 0. The summed E-state index contributed by atoms with van der Waals surface area (Å²) in [5.74, 6) is 1.35. The molecule has 0 atom stereocenters. The zero-order chi connectivity index (χ0) is 10.5. The van der Waals surface area contributed by atoms with Gasteiger partial charge in [-0.2, -0.15) is 4.98 Å². The van der Waals surface area contributed by atoms with E-state index in [9.17, 15) is 0 Å². The first-order valence-corrected chi connectivity index (χ1v) is 5.04. The molecule has 0 bridgehead atoms. The normalized spacial score (nSPS) is 10.7. The molecular weight excluding hydrogens is 194 g/mol. The van der Waals surface area contributed by atoms with Crippen LogP contribution < -0.4 is 0 Å². The predicted octanol–water partition coefficient (Wildman–Crippen LogP) is 1.05. The molecule has 0 aromatic carbocycles. The quantitative estimate of drug-likeness (QED) is 0.733. The summed E-state index contributed by atoms with van der Waals surface area (Å²) in [6, 6.07) is 0. The van der Waals surface area contributed by atoms with E-state index >= 15 is 0 Å². The SMILES string of the molecule is CCCCc1nc(Cn2ccnn2)no1. The molecule has 0 amide bonds. The Hall–Kier alpha value is -1.72. The molecule has 6 nitrogen and oxygen atoms in total. The Morgan fingerprint density at radius 1 is 1.47 bits per heavy atom. The number of unbranched alkanes of at least 4 members (excludes halogenated alkanes) is 1. The summed E-state index contributed by atoms with van der Waals surface area (Å²) in [4.78, 5) is 4.26. The molecule has 15 heavy (non-hydrogen) atoms. The van der Waals surface area contributed by atoms with Crippen molar-refractivity contribution in [3.63, 3.8) is 0 Å². The summed E-state index contributed by atoms with van der Waals surface area (Å²) in [5, 5.41) is 11.4. The first kappa shape index (κ1) is 9.82. The maximum absolute atomic E-state index is 5.09. The van der Waals surface area contributed by atoms with Crippen LogP contribution in [0.4, 0.5) is 0 Å². The molecular formula is C9H13N5O. The highest BCUT2D eigenvalue weighted by molar-refractivity contribution is 4.87. The van der Waals surface area contributed by atoms with E-state index in [0.717, 1.165) is 19.3 Å². The van der Waals surface area contributed by atoms with E-state index in [1.165, 1.54) is 0 Å². The molecule has 0 aliphatic heterocycles. The molecule has 0 fully saturated rings. The fourth-order valence-corrected chi connectivity index (χ4v) is 1.25. The van der Waals surface area contributed by atoms with Crippen molar-refractivity contribution in [2.75, 3.05) is 0 Å². The van der Waals surface area contributed by atoms with Gasteiger partial charge in [-0.05, 0) is 6.42 Å². The smallest absolute Gasteiger partial charge is 0.226 e. The van der Waals surface area contributed by atoms with Crippen LogP contribution >= 0.6 is 0 Å². The lowest BCUT2D eigenvalue weighted by Crippen LogP contribution is -2.02. The van der Waals surface area contributed by atoms with Crippen LogP contribution in [-0.4, -0.2) is 25.1 Å². The lowest BCUT2D eigenvalue weighted by Gasteiger charge is -1.91. The van der Waals surface area contributed by atoms with Crippen molar-refractivity contribution < 1.29 is 4.52 Å². The van der Waals surface area contributed by atoms with Crippen LogP contribution in [0.5, 0.6) is 0 Å². The Labute approximate surface area is 87.3 Å². The van der Waals surface area contributed by atoms with Gasteiger partial charge < -0.3 is 4.52 Å². The molecule has 2 heterocycles. The van der Waals surface area contributed by atoms with Gasteiger partial charge in [-0.1, -0.05) is 23.7 Å². The number of hydrogen-bond donors (Lipinski definition) is 0. The van der Waals surface area contributed by atoms with E-state index < -0.39 is 0 Å². The van der Waals surface area contributed by atoms with Crippen molar-refractivity contribution in [1.29, 1.82) is 0 Å². The second-order valence-corrected chi connectivity index (χ2v) is 3.31. The molecule has 0 spiro atoms. The Bertz CT molecular complexity index is 394. The second-order valence-electron chi connectivity index (χ2n) is 3.31. The molecule has 0 saturated carbocycles. The van der Waals surface area contributed by atoms with Crippen molar-refractivity contribution in [3.8, 4) is 0 Å². The van der Waals surface area contributed by atoms with Gasteiger partial charge >= 0.3 is 0 Å². The van der Waals surface area contributed by atoms with Crippen LogP contribution in [0.3, 0.4) is 0 Å². The Balaban J connectivity index is 1.95. The number of hydrogen-bond acceptors (Lipinski definition) is 5. The highest BCUT2D eigenvalue weighted by Crippen LogP contribution is 2.03. The third kappa shape index (κ3) is 2.61. The van der Waals surface area contributed by atoms with Gasteiger partial charge in [-0.25, -0.2) is 4.68 Å². The molecule has 80 valence electrons. The molecule has 0 N–H and O–H groups in total. The molecule has 0 saturated heterocycles. The average Bonchev–Trinajstić information content (AvgIpc) is 2.87. The van der Waals surface area contributed by atoms with Gasteiger partial charge in [0.2, 0.25) is 5.89 Å². The number of nitrogens with zero attached hydrogens (tertiary/aromatic N) is 5. The summed E-state index contributed by atoms with van der Waals surface area (Å²) in [6.07, 6.45) is 6.44. The third-order valence-electron chi connectivity index (χ3n) is 2.03. The highest BCUT2D eigenvalue weighted by atomic mass is 16.5. The van der Waals surface area contributed by atoms with Gasteiger partial charge in [0.25, 0.3) is 0 Å². The average molecular weight is 207 g/mol. The Kier molecular flexibility index (Phi) is 3.06. The van der Waals surface area contributed by atoms with Crippen molar-refractivity contribution in [2.24, 2.45) is 0 Å². The van der Waals surface area contributed by atoms with Crippen molar-refractivity contribution in [2.45, 2.75) is 32.7 Å². The number of aromatic nitrogens is 5. The Morgan fingerprint density at radius 2 is 2.40 bits per heavy atom. The molecule has 2 aromatic rings. The van der Waals surface area contributed by atoms with Crippen molar-refractivity contribution >= 4 is 0 Å². The first-order valence-electron chi connectivity index (χ1n) is 5.04. The molecule has 2 rings (SSSR count). The summed E-state index contributed by atoms with van der Waals surface area (Å²) < 4.78 is 6.75. The molecule has 0 aliphatic carbocycles. The van der Waals surface area contributed by atoms with Gasteiger partial charge in [0, 0.05) is 12.6 Å². The van der Waals surface area contributed by atoms with E-state index in [0.29, 0.717) is 18.3 Å². The lowest BCUT2D eigenvalue weighted by molar-refractivity contribution is 0.368. The Morgan fingerprint density at radius 3 is 3.13 bits per heavy atom. The van der Waals surface area contributed by atoms with E-state index in [1.54, 1.807) is 17.1 Å². The van der Waals surface area contributed by atoms with Crippen molar-refractivity contribution in [3.05, 3.63) is 24.1 Å². The topological polar surface area (TPSA) is 69.6 Å². The van der Waals surface area contributed by atoms with Gasteiger partial charge in [0.15, 0.2) is 5.82 Å². The van der Waals surface area contributed by atoms with Gasteiger partial charge in [-0.15, -0.1) is 5.10 Å². The third-order valence-corrected chi connectivity index (χ3v) is 2.03. The van der Waals surface area contributed by atoms with Crippen LogP contribution in [0.2, 0.25) is 0 Å². The zero-order valence-electron chi connectivity index (χ0n) is 8.63. The van der Waals surface area contributed by atoms with E-state index in [1.807, 2.05) is 0 Å². The summed E-state index contributed by atoms with van der Waals surface area (Å²) >= 11 is 0. The second kappa shape index (κ2) is 4.68. The van der Waals surface area contributed by atoms with E-state index in [2.05, 4.69) is 27.4 Å². The van der Waals surface area contributed by atoms with Crippen molar-refractivity contribution in [1.82, 2.24) is 25.1 Å². The minimum Gasteiger partial charge on any atom is -0.339 e. The molecule has 0 unspecified atom stereocenters. The standard InChI is InChI=1S/C9H13N5O/c1-2-3-4-9-11-8(12-15-9)7-14-6-5-10-13-14/h5-6H,2-4,7H2,1H3. The maximum atomic E-state index is 5.09. The van der Waals surface area contributed by atoms with Gasteiger partial charge in [0.05, 0.1) is 6.20 Å². The summed E-state index contributed by atoms with van der Waals surface area (Å²) in [6.45, 7) is 2.64. The van der Waals surface area contributed by atoms with E-state index in [-0.39, 0.29) is 0 Å². The molecule has 0 radical (unpaired) electrons. The fourth-order valence-electron chi connectivity index (χ4n) is 1.25. The maximum Gasteiger partial charge on any atom is 0.226 e. The molecule has 2 aromatic heterocycles. The zero-order valence-corrected chi connectivity index (χ0v) is 8.63. The molecule has 0 aliphatic rings. The van der Waals surface area contributed by atoms with Crippen LogP contribution in [0, 0.1) is 0 Å². The van der Waals surface area contributed by atoms with Crippen LogP contribution in [0.15, 0.2) is 16.9 Å². The van der Waals surface area contributed by atoms with Crippen LogP contribution in [-0.2, 0) is 13.0 Å². The minimum atomic E-state index is 0.510. The lowest BCUT2D eigenvalue weighted by atomic mass is 10.2. The van der Waals surface area contributed by atoms with Gasteiger partial charge in [0.1, 0.15) is 6.54 Å². The fraction of sp³-hybridized carbons (Fsp3) is 0.556. The first-order chi connectivity index (χ1) is 7.38. The van der Waals surface area contributed by atoms with Crippen LogP contribution in [0.25, 0.3) is 0 Å². The number of aryl methyl sites for hydroxylation is 1. The van der Waals surface area contributed by atoms with E-state index in [4.69, 9.17) is 4.52 Å². The monoisotopic (exact) mass is 207 g/mol. The van der Waals surface area contributed by atoms with Crippen LogP contribution in [0.1, 0.15) is 31.5 Å². The predicted molar refractivity (Wildman–Crippen MR) is 52.0 cm³/mol. The number of rotatable bonds is 5. The molecule has 6 heteroatoms. The highest BCUT2D eigenvalue weighted by Gasteiger charge is 2.06. The van der Waals surface area contributed by atoms with Gasteiger partial charge in [-0.3, -0.25) is 0 Å².